The second-order valence-electron chi connectivity index (χ2n) is 9.07. The van der Waals surface area contributed by atoms with E-state index in [0.29, 0.717) is 43.7 Å². The van der Waals surface area contributed by atoms with Gasteiger partial charge in [0.2, 0.25) is 0 Å². The highest BCUT2D eigenvalue weighted by atomic mass is 31.2. The van der Waals surface area contributed by atoms with Crippen molar-refractivity contribution >= 4 is 15.6 Å². The summed E-state index contributed by atoms with van der Waals surface area (Å²) >= 11 is 0. The Morgan fingerprint density at radius 2 is 0.900 bits per heavy atom. The zero-order chi connectivity index (χ0) is 27.8. The molecule has 0 N–H and O–H groups in total. The molecule has 13 nitrogen and oxygen atoms in total. The number of methoxy groups -OCH3 is 1. The van der Waals surface area contributed by atoms with Crippen LogP contribution in [0.25, 0.3) is 0 Å². The molecule has 15 heteroatoms. The summed E-state index contributed by atoms with van der Waals surface area (Å²) in [6, 6.07) is 15.5. The number of epoxide rings is 4. The van der Waals surface area contributed by atoms with Crippen LogP contribution >= 0.6 is 15.6 Å². The topological polar surface area (TPSA) is 149 Å². The molecule has 4 heterocycles. The fourth-order valence-corrected chi connectivity index (χ4v) is 5.43. The van der Waals surface area contributed by atoms with Gasteiger partial charge in [0.25, 0.3) is 0 Å². The number of rotatable bonds is 17. The highest BCUT2D eigenvalue weighted by Crippen LogP contribution is 2.51. The van der Waals surface area contributed by atoms with Crippen LogP contribution in [0.3, 0.4) is 0 Å². The molecule has 0 aliphatic carbocycles. The van der Waals surface area contributed by atoms with Gasteiger partial charge < -0.3 is 32.7 Å². The summed E-state index contributed by atoms with van der Waals surface area (Å²) in [6.45, 7) is 3.22. The van der Waals surface area contributed by atoms with Crippen LogP contribution in [0.1, 0.15) is 0 Å². The van der Waals surface area contributed by atoms with Crippen LogP contribution in [0.2, 0.25) is 0 Å². The first-order valence-corrected chi connectivity index (χ1v) is 15.7. The molecule has 0 spiro atoms. The van der Waals surface area contributed by atoms with Crippen molar-refractivity contribution in [3.63, 3.8) is 0 Å². The standard InChI is InChI=1S/C13H17O7P.C12H15O6P/c1-15-10-2-4-11(5-3-10)20-21(14,18-8-12-6-16-12)19-9-13-7-17-13;13-19(16-8-11-6-14-11,17-9-12-7-15-12)18-10-4-2-1-3-5-10/h2-5,12-13H,6-9H2,1H3;1-5,11-12H,6-9H2. The van der Waals surface area contributed by atoms with E-state index in [1.807, 2.05) is 6.07 Å². The number of ether oxygens (including phenoxy) is 5. The van der Waals surface area contributed by atoms with Crippen molar-refractivity contribution in [2.75, 3.05) is 60.0 Å². The Balaban J connectivity index is 0.000000162. The molecule has 220 valence electrons. The molecular weight excluding hydrogens is 570 g/mol. The minimum atomic E-state index is -3.69. The highest BCUT2D eigenvalue weighted by Gasteiger charge is 2.37. The molecule has 40 heavy (non-hydrogen) atoms. The number of hydrogen-bond donors (Lipinski definition) is 0. The molecule has 0 radical (unpaired) electrons. The second kappa shape index (κ2) is 13.8. The van der Waals surface area contributed by atoms with Crippen LogP contribution in [0.5, 0.6) is 17.2 Å². The van der Waals surface area contributed by atoms with Gasteiger partial charge in [0.15, 0.2) is 0 Å². The van der Waals surface area contributed by atoms with Crippen molar-refractivity contribution in [1.82, 2.24) is 0 Å². The summed E-state index contributed by atoms with van der Waals surface area (Å²) in [6.07, 6.45) is -0.0703. The van der Waals surface area contributed by atoms with E-state index in [4.69, 9.17) is 50.8 Å². The van der Waals surface area contributed by atoms with Crippen molar-refractivity contribution in [2.45, 2.75) is 24.4 Å². The maximum atomic E-state index is 12.6. The summed E-state index contributed by atoms with van der Waals surface area (Å²) in [5.74, 6) is 1.50. The van der Waals surface area contributed by atoms with Gasteiger partial charge in [0.05, 0.1) is 60.0 Å². The lowest BCUT2D eigenvalue weighted by Gasteiger charge is -2.18. The lowest BCUT2D eigenvalue weighted by molar-refractivity contribution is 0.136. The molecule has 2 aromatic rings. The quantitative estimate of drug-likeness (QED) is 0.190. The average molecular weight is 602 g/mol. The van der Waals surface area contributed by atoms with Crippen LogP contribution < -0.4 is 13.8 Å². The van der Waals surface area contributed by atoms with Crippen molar-refractivity contribution < 1.29 is 60.0 Å². The molecule has 0 aromatic heterocycles. The van der Waals surface area contributed by atoms with Crippen molar-refractivity contribution in [2.24, 2.45) is 0 Å². The highest BCUT2D eigenvalue weighted by molar-refractivity contribution is 7.49. The van der Waals surface area contributed by atoms with E-state index < -0.39 is 15.6 Å². The van der Waals surface area contributed by atoms with Crippen LogP contribution in [-0.2, 0) is 46.2 Å². The molecule has 4 saturated heterocycles. The van der Waals surface area contributed by atoms with E-state index in [9.17, 15) is 9.13 Å². The van der Waals surface area contributed by atoms with E-state index in [0.717, 1.165) is 0 Å². The molecule has 4 aliphatic rings. The first-order chi connectivity index (χ1) is 19.4. The molecule has 0 amide bonds. The number of hydrogen-bond acceptors (Lipinski definition) is 13. The largest absolute Gasteiger partial charge is 0.530 e. The predicted octanol–water partition coefficient (Wildman–Crippen LogP) is 4.02. The van der Waals surface area contributed by atoms with Crippen molar-refractivity contribution in [1.29, 1.82) is 0 Å². The Morgan fingerprint density at radius 3 is 1.23 bits per heavy atom. The van der Waals surface area contributed by atoms with Crippen LogP contribution in [-0.4, -0.2) is 84.4 Å². The minimum absolute atomic E-state index is 0.00604. The maximum absolute atomic E-state index is 12.6. The zero-order valence-corrected chi connectivity index (χ0v) is 23.7. The fourth-order valence-electron chi connectivity index (χ4n) is 2.91. The molecular formula is C25H32O13P2. The second-order valence-corrected chi connectivity index (χ2v) is 12.3. The molecule has 4 atom stereocenters. The summed E-state index contributed by atoms with van der Waals surface area (Å²) in [7, 11) is -5.75. The van der Waals surface area contributed by atoms with E-state index in [1.165, 1.54) is 0 Å². The van der Waals surface area contributed by atoms with E-state index in [2.05, 4.69) is 0 Å². The Bertz CT molecular complexity index is 1110. The lowest BCUT2D eigenvalue weighted by atomic mass is 10.3. The molecule has 4 aliphatic heterocycles. The van der Waals surface area contributed by atoms with Gasteiger partial charge in [-0.3, -0.25) is 18.1 Å². The molecule has 0 bridgehead atoms. The Labute approximate surface area is 232 Å². The Hall–Kier alpha value is -2.02. The Morgan fingerprint density at radius 1 is 0.575 bits per heavy atom. The maximum Gasteiger partial charge on any atom is 0.530 e. The number of phosphoric acid groups is 2. The first kappa shape index (κ1) is 29.5. The van der Waals surface area contributed by atoms with E-state index >= 15 is 0 Å². The minimum Gasteiger partial charge on any atom is -0.497 e. The summed E-state index contributed by atoms with van der Waals surface area (Å²) in [5, 5.41) is 0. The molecule has 0 saturated carbocycles. The van der Waals surface area contributed by atoms with Gasteiger partial charge in [-0.05, 0) is 36.4 Å². The zero-order valence-electron chi connectivity index (χ0n) is 21.9. The van der Waals surface area contributed by atoms with Crippen LogP contribution in [0, 0.1) is 0 Å². The van der Waals surface area contributed by atoms with Gasteiger partial charge in [0.1, 0.15) is 41.7 Å². The number of benzene rings is 2. The first-order valence-electron chi connectivity index (χ1n) is 12.7. The Kier molecular flexibility index (Phi) is 10.1. The number of phosphoric ester groups is 2. The molecule has 2 aromatic carbocycles. The van der Waals surface area contributed by atoms with Gasteiger partial charge in [-0.1, -0.05) is 18.2 Å². The monoisotopic (exact) mass is 602 g/mol. The summed E-state index contributed by atoms with van der Waals surface area (Å²) in [5.41, 5.74) is 0. The third kappa shape index (κ3) is 10.8. The number of para-hydroxylation sites is 1. The summed E-state index contributed by atoms with van der Waals surface area (Å²) < 4.78 is 82.1. The normalized spacial score (nSPS) is 26.7. The third-order valence-corrected chi connectivity index (χ3v) is 8.25. The van der Waals surface area contributed by atoms with Gasteiger partial charge in [0, 0.05) is 0 Å². The van der Waals surface area contributed by atoms with Gasteiger partial charge in [-0.15, -0.1) is 0 Å². The fraction of sp³-hybridized carbons (Fsp3) is 0.520. The van der Waals surface area contributed by atoms with Gasteiger partial charge in [-0.25, -0.2) is 9.13 Å². The molecule has 4 fully saturated rings. The van der Waals surface area contributed by atoms with Crippen molar-refractivity contribution in [3.05, 3.63) is 54.6 Å². The van der Waals surface area contributed by atoms with E-state index in [1.54, 1.807) is 55.6 Å². The third-order valence-electron chi connectivity index (χ3n) is 5.52. The van der Waals surface area contributed by atoms with Crippen LogP contribution in [0.4, 0.5) is 0 Å². The van der Waals surface area contributed by atoms with Crippen molar-refractivity contribution in [3.8, 4) is 17.2 Å². The SMILES string of the molecule is COc1ccc(OP(=O)(OCC2CO2)OCC2CO2)cc1.O=P(OCC1CO1)(OCC1CO1)Oc1ccccc1. The molecule has 4 unspecified atom stereocenters. The van der Waals surface area contributed by atoms with Crippen LogP contribution in [0.15, 0.2) is 54.6 Å². The van der Waals surface area contributed by atoms with Gasteiger partial charge in [-0.2, -0.15) is 0 Å². The van der Waals surface area contributed by atoms with Gasteiger partial charge >= 0.3 is 15.6 Å². The smallest absolute Gasteiger partial charge is 0.497 e. The molecule has 6 rings (SSSR count). The predicted molar refractivity (Wildman–Crippen MR) is 139 cm³/mol. The van der Waals surface area contributed by atoms with E-state index in [-0.39, 0.29) is 50.8 Å². The lowest BCUT2D eigenvalue weighted by Crippen LogP contribution is -2.09. The summed E-state index contributed by atoms with van der Waals surface area (Å²) in [4.78, 5) is 0. The average Bonchev–Trinajstić information content (AvgIpc) is 3.80.